The summed E-state index contributed by atoms with van der Waals surface area (Å²) >= 11 is 0. The van der Waals surface area contributed by atoms with E-state index in [-0.39, 0.29) is 18.3 Å². The van der Waals surface area contributed by atoms with Crippen molar-refractivity contribution < 1.29 is 9.90 Å². The average Bonchev–Trinajstić information content (AvgIpc) is 2.46. The van der Waals surface area contributed by atoms with E-state index in [0.29, 0.717) is 12.8 Å². The summed E-state index contributed by atoms with van der Waals surface area (Å²) in [5, 5.41) is 10.2. The van der Waals surface area contributed by atoms with E-state index < -0.39 is 5.97 Å². The van der Waals surface area contributed by atoms with E-state index in [1.165, 1.54) is 11.3 Å². The molecule has 1 aliphatic rings. The molecule has 0 unspecified atom stereocenters. The second-order valence-electron chi connectivity index (χ2n) is 5.45. The fraction of sp³-hybridized carbons (Fsp3) is 0.375. The zero-order valence-electron chi connectivity index (χ0n) is 12.0. The van der Waals surface area contributed by atoms with Crippen molar-refractivity contribution in [1.29, 1.82) is 0 Å². The molecule has 1 N–H and O–H groups in total. The molecule has 4 nitrogen and oxygen atoms in total. The van der Waals surface area contributed by atoms with E-state index in [0.717, 1.165) is 24.0 Å². The van der Waals surface area contributed by atoms with Crippen molar-refractivity contribution in [3.05, 3.63) is 36.0 Å². The normalized spacial score (nSPS) is 15.8. The Kier molecular flexibility index (Phi) is 4.68. The molecule has 1 aromatic heterocycles. The van der Waals surface area contributed by atoms with Crippen molar-refractivity contribution >= 4 is 35.0 Å². The van der Waals surface area contributed by atoms with Crippen LogP contribution in [0.2, 0.25) is 0 Å². The summed E-state index contributed by atoms with van der Waals surface area (Å²) in [6, 6.07) is 8.29. The average molecular weight is 307 g/mol. The number of piperidine rings is 1. The second kappa shape index (κ2) is 6.31. The van der Waals surface area contributed by atoms with Gasteiger partial charge in [0, 0.05) is 30.4 Å². The number of pyridine rings is 1. The van der Waals surface area contributed by atoms with Crippen LogP contribution in [0.4, 0.5) is 5.69 Å². The van der Waals surface area contributed by atoms with Gasteiger partial charge in [-0.2, -0.15) is 0 Å². The number of anilines is 1. The lowest BCUT2D eigenvalue weighted by Gasteiger charge is -2.32. The molecular weight excluding hydrogens is 288 g/mol. The number of hydrogen-bond acceptors (Lipinski definition) is 3. The van der Waals surface area contributed by atoms with Gasteiger partial charge < -0.3 is 10.0 Å². The molecule has 1 aromatic carbocycles. The summed E-state index contributed by atoms with van der Waals surface area (Å²) in [6.45, 7) is 3.67. The number of nitrogens with zero attached hydrogens (tertiary/aromatic N) is 2. The van der Waals surface area contributed by atoms with Crippen LogP contribution in [0.3, 0.4) is 0 Å². The van der Waals surface area contributed by atoms with E-state index in [2.05, 4.69) is 28.9 Å². The smallest absolute Gasteiger partial charge is 0.306 e. The lowest BCUT2D eigenvalue weighted by atomic mass is 9.96. The molecule has 0 radical (unpaired) electrons. The Morgan fingerprint density at radius 1 is 1.29 bits per heavy atom. The maximum Gasteiger partial charge on any atom is 0.306 e. The van der Waals surface area contributed by atoms with Gasteiger partial charge in [0.1, 0.15) is 0 Å². The van der Waals surface area contributed by atoms with Crippen LogP contribution in [0, 0.1) is 12.8 Å². The Morgan fingerprint density at radius 3 is 2.67 bits per heavy atom. The van der Waals surface area contributed by atoms with E-state index in [1.54, 1.807) is 0 Å². The highest BCUT2D eigenvalue weighted by atomic mass is 35.5. The summed E-state index contributed by atoms with van der Waals surface area (Å²) in [6.07, 6.45) is 3.26. The minimum absolute atomic E-state index is 0. The molecule has 5 heteroatoms. The van der Waals surface area contributed by atoms with Crippen molar-refractivity contribution in [2.24, 2.45) is 5.92 Å². The lowest BCUT2D eigenvalue weighted by molar-refractivity contribution is -0.142. The fourth-order valence-corrected chi connectivity index (χ4v) is 2.89. The summed E-state index contributed by atoms with van der Waals surface area (Å²) in [5.74, 6) is -0.860. The number of aromatic nitrogens is 1. The zero-order valence-corrected chi connectivity index (χ0v) is 12.8. The summed E-state index contributed by atoms with van der Waals surface area (Å²) in [5.41, 5.74) is 3.38. The number of benzene rings is 1. The Morgan fingerprint density at radius 2 is 2.00 bits per heavy atom. The van der Waals surface area contributed by atoms with Crippen molar-refractivity contribution in [3.63, 3.8) is 0 Å². The van der Waals surface area contributed by atoms with Crippen molar-refractivity contribution in [2.45, 2.75) is 19.8 Å². The van der Waals surface area contributed by atoms with Crippen LogP contribution in [-0.4, -0.2) is 29.1 Å². The number of carbonyl (C=O) groups is 1. The van der Waals surface area contributed by atoms with Crippen LogP contribution in [0.5, 0.6) is 0 Å². The number of carboxylic acid groups (broad SMARTS) is 1. The molecule has 1 fully saturated rings. The van der Waals surface area contributed by atoms with Crippen LogP contribution in [0.15, 0.2) is 30.5 Å². The number of carboxylic acids is 1. The van der Waals surface area contributed by atoms with Gasteiger partial charge in [0.2, 0.25) is 0 Å². The highest BCUT2D eigenvalue weighted by molar-refractivity contribution is 5.92. The first-order chi connectivity index (χ1) is 9.65. The molecular formula is C16H19ClN2O2. The van der Waals surface area contributed by atoms with Gasteiger partial charge in [0.15, 0.2) is 0 Å². The van der Waals surface area contributed by atoms with Gasteiger partial charge in [-0.15, -0.1) is 12.4 Å². The Balaban J connectivity index is 0.00000161. The molecule has 0 aliphatic carbocycles. The van der Waals surface area contributed by atoms with Crippen LogP contribution >= 0.6 is 12.4 Å². The fourth-order valence-electron chi connectivity index (χ4n) is 2.89. The van der Waals surface area contributed by atoms with E-state index in [9.17, 15) is 4.79 Å². The number of fused-ring (bicyclic) bond motifs is 1. The summed E-state index contributed by atoms with van der Waals surface area (Å²) in [4.78, 5) is 17.7. The Labute approximate surface area is 130 Å². The number of halogens is 1. The first-order valence-corrected chi connectivity index (χ1v) is 6.98. The highest BCUT2D eigenvalue weighted by Gasteiger charge is 2.25. The predicted octanol–water partition coefficient (Wildman–Crippen LogP) is 3.27. The lowest BCUT2D eigenvalue weighted by Crippen LogP contribution is -2.36. The molecule has 0 saturated carbocycles. The standard InChI is InChI=1S/C16H18N2O2.ClH/c1-11-2-3-14-13(10-11)15(4-7-17-14)18-8-5-12(6-9-18)16(19)20;/h2-4,7,10,12H,5-6,8-9H2,1H3,(H,19,20);1H. The number of rotatable bonds is 2. The maximum absolute atomic E-state index is 11.0. The minimum Gasteiger partial charge on any atom is -0.481 e. The quantitative estimate of drug-likeness (QED) is 0.925. The number of aryl methyl sites for hydroxylation is 1. The van der Waals surface area contributed by atoms with Gasteiger partial charge in [-0.25, -0.2) is 0 Å². The molecule has 3 rings (SSSR count). The van der Waals surface area contributed by atoms with Gasteiger partial charge in [0.05, 0.1) is 11.4 Å². The predicted molar refractivity (Wildman–Crippen MR) is 86.3 cm³/mol. The first kappa shape index (κ1) is 15.6. The van der Waals surface area contributed by atoms with Crippen molar-refractivity contribution in [2.75, 3.05) is 18.0 Å². The second-order valence-corrected chi connectivity index (χ2v) is 5.45. The zero-order chi connectivity index (χ0) is 14.1. The first-order valence-electron chi connectivity index (χ1n) is 6.98. The van der Waals surface area contributed by atoms with Crippen molar-refractivity contribution in [3.8, 4) is 0 Å². The largest absolute Gasteiger partial charge is 0.481 e. The van der Waals surface area contributed by atoms with E-state index in [1.807, 2.05) is 18.3 Å². The molecule has 0 amide bonds. The van der Waals surface area contributed by atoms with Crippen LogP contribution in [0.25, 0.3) is 10.9 Å². The van der Waals surface area contributed by atoms with Gasteiger partial charge in [-0.05, 0) is 38.0 Å². The minimum atomic E-state index is -0.667. The summed E-state index contributed by atoms with van der Waals surface area (Å²) < 4.78 is 0. The van der Waals surface area contributed by atoms with Crippen molar-refractivity contribution in [1.82, 2.24) is 4.98 Å². The number of aliphatic carboxylic acids is 1. The molecule has 21 heavy (non-hydrogen) atoms. The molecule has 0 atom stereocenters. The molecule has 112 valence electrons. The van der Waals surface area contributed by atoms with Crippen LogP contribution in [-0.2, 0) is 4.79 Å². The third kappa shape index (κ3) is 3.10. The Hall–Kier alpha value is -1.81. The third-order valence-corrected chi connectivity index (χ3v) is 4.06. The van der Waals surface area contributed by atoms with Gasteiger partial charge in [0.25, 0.3) is 0 Å². The van der Waals surface area contributed by atoms with Gasteiger partial charge in [-0.3, -0.25) is 9.78 Å². The molecule has 0 spiro atoms. The summed E-state index contributed by atoms with van der Waals surface area (Å²) in [7, 11) is 0. The van der Waals surface area contributed by atoms with E-state index in [4.69, 9.17) is 5.11 Å². The van der Waals surface area contributed by atoms with Gasteiger partial charge >= 0.3 is 5.97 Å². The topological polar surface area (TPSA) is 53.4 Å². The number of hydrogen-bond donors (Lipinski definition) is 1. The monoisotopic (exact) mass is 306 g/mol. The molecule has 2 aromatic rings. The van der Waals surface area contributed by atoms with Gasteiger partial charge in [-0.1, -0.05) is 11.6 Å². The Bertz CT molecular complexity index is 652. The van der Waals surface area contributed by atoms with Crippen LogP contribution < -0.4 is 4.90 Å². The van der Waals surface area contributed by atoms with E-state index >= 15 is 0 Å². The third-order valence-electron chi connectivity index (χ3n) is 4.06. The van der Waals surface area contributed by atoms with Crippen LogP contribution in [0.1, 0.15) is 18.4 Å². The maximum atomic E-state index is 11.0. The molecule has 1 saturated heterocycles. The molecule has 1 aliphatic heterocycles. The highest BCUT2D eigenvalue weighted by Crippen LogP contribution is 2.29. The molecule has 0 bridgehead atoms. The SMILES string of the molecule is Cc1ccc2nccc(N3CCC(C(=O)O)CC3)c2c1.Cl. The molecule has 2 heterocycles.